The lowest BCUT2D eigenvalue weighted by Crippen LogP contribution is -2.01. The minimum absolute atomic E-state index is 0.112. The molecular weight excluding hydrogens is 327 g/mol. The zero-order valence-electron chi connectivity index (χ0n) is 8.07. The second-order valence-corrected chi connectivity index (χ2v) is 4.47. The SMILES string of the molecule is Nc1ccc(-n2cc(I)cn2)c(C(F)F)c1. The molecule has 0 unspecified atom stereocenters. The Morgan fingerprint density at radius 2 is 2.12 bits per heavy atom. The summed E-state index contributed by atoms with van der Waals surface area (Å²) in [4.78, 5) is 0. The number of rotatable bonds is 2. The van der Waals surface area contributed by atoms with Crippen LogP contribution in [0, 0.1) is 3.57 Å². The molecule has 0 spiro atoms. The van der Waals surface area contributed by atoms with E-state index < -0.39 is 6.43 Å². The molecule has 2 rings (SSSR count). The van der Waals surface area contributed by atoms with Gasteiger partial charge in [-0.15, -0.1) is 0 Å². The van der Waals surface area contributed by atoms with Gasteiger partial charge in [0.15, 0.2) is 0 Å². The molecule has 1 heterocycles. The van der Waals surface area contributed by atoms with Crippen LogP contribution in [0.5, 0.6) is 0 Å². The van der Waals surface area contributed by atoms with E-state index in [4.69, 9.17) is 5.73 Å². The van der Waals surface area contributed by atoms with Crippen molar-refractivity contribution in [2.75, 3.05) is 5.73 Å². The molecule has 0 bridgehead atoms. The Bertz CT molecular complexity index is 511. The number of halogens is 3. The zero-order valence-corrected chi connectivity index (χ0v) is 10.2. The number of hydrogen-bond donors (Lipinski definition) is 1. The van der Waals surface area contributed by atoms with Crippen LogP contribution in [0.2, 0.25) is 0 Å². The lowest BCUT2D eigenvalue weighted by molar-refractivity contribution is 0.151. The van der Waals surface area contributed by atoms with Crippen molar-refractivity contribution in [2.45, 2.75) is 6.43 Å². The minimum Gasteiger partial charge on any atom is -0.399 e. The predicted octanol–water partition coefficient (Wildman–Crippen LogP) is 3.00. The topological polar surface area (TPSA) is 43.8 Å². The highest BCUT2D eigenvalue weighted by Gasteiger charge is 2.15. The lowest BCUT2D eigenvalue weighted by Gasteiger charge is -2.09. The molecule has 0 saturated heterocycles. The zero-order chi connectivity index (χ0) is 11.7. The molecule has 3 nitrogen and oxygen atoms in total. The second kappa shape index (κ2) is 4.36. The van der Waals surface area contributed by atoms with Crippen molar-refractivity contribution in [3.8, 4) is 5.69 Å². The molecule has 0 saturated carbocycles. The van der Waals surface area contributed by atoms with Gasteiger partial charge >= 0.3 is 0 Å². The number of benzene rings is 1. The van der Waals surface area contributed by atoms with Crippen molar-refractivity contribution in [2.24, 2.45) is 0 Å². The van der Waals surface area contributed by atoms with Crippen LogP contribution in [0.15, 0.2) is 30.6 Å². The lowest BCUT2D eigenvalue weighted by atomic mass is 10.1. The molecule has 0 aliphatic carbocycles. The van der Waals surface area contributed by atoms with Crippen molar-refractivity contribution in [3.05, 3.63) is 39.7 Å². The van der Waals surface area contributed by atoms with Crippen LogP contribution in [0.1, 0.15) is 12.0 Å². The summed E-state index contributed by atoms with van der Waals surface area (Å²) in [6.07, 6.45) is 0.713. The fourth-order valence-corrected chi connectivity index (χ4v) is 1.78. The number of alkyl halides is 2. The molecule has 0 fully saturated rings. The highest BCUT2D eigenvalue weighted by atomic mass is 127. The highest BCUT2D eigenvalue weighted by Crippen LogP contribution is 2.27. The Balaban J connectivity index is 2.56. The molecule has 2 N–H and O–H groups in total. The Labute approximate surface area is 104 Å². The van der Waals surface area contributed by atoms with Crippen LogP contribution in [0.3, 0.4) is 0 Å². The summed E-state index contributed by atoms with van der Waals surface area (Å²) in [5, 5.41) is 3.99. The average Bonchev–Trinajstić information content (AvgIpc) is 2.64. The van der Waals surface area contributed by atoms with E-state index in [0.717, 1.165) is 3.57 Å². The first-order valence-electron chi connectivity index (χ1n) is 4.46. The summed E-state index contributed by atoms with van der Waals surface area (Å²) in [5.41, 5.74) is 6.05. The van der Waals surface area contributed by atoms with Crippen LogP contribution in [-0.4, -0.2) is 9.78 Å². The van der Waals surface area contributed by atoms with Gasteiger partial charge < -0.3 is 5.73 Å². The third kappa shape index (κ3) is 2.16. The Kier molecular flexibility index (Phi) is 3.08. The number of nitrogens with zero attached hydrogens (tertiary/aromatic N) is 2. The van der Waals surface area contributed by atoms with Crippen LogP contribution >= 0.6 is 22.6 Å². The average molecular weight is 335 g/mol. The van der Waals surface area contributed by atoms with E-state index in [1.165, 1.54) is 10.7 Å². The number of nitrogens with two attached hydrogens (primary N) is 1. The van der Waals surface area contributed by atoms with E-state index in [2.05, 4.69) is 27.7 Å². The number of aromatic nitrogens is 2. The maximum atomic E-state index is 12.8. The van der Waals surface area contributed by atoms with Gasteiger partial charge in [0.25, 0.3) is 6.43 Å². The molecule has 0 atom stereocenters. The monoisotopic (exact) mass is 335 g/mol. The van der Waals surface area contributed by atoms with Gasteiger partial charge in [0.05, 0.1) is 15.5 Å². The summed E-state index contributed by atoms with van der Waals surface area (Å²) in [7, 11) is 0. The summed E-state index contributed by atoms with van der Waals surface area (Å²) >= 11 is 2.07. The molecule has 1 aromatic heterocycles. The van der Waals surface area contributed by atoms with Gasteiger partial charge in [-0.2, -0.15) is 5.10 Å². The summed E-state index contributed by atoms with van der Waals surface area (Å²) < 4.78 is 27.9. The highest BCUT2D eigenvalue weighted by molar-refractivity contribution is 14.1. The van der Waals surface area contributed by atoms with Gasteiger partial charge in [0.1, 0.15) is 0 Å². The van der Waals surface area contributed by atoms with Gasteiger partial charge in [-0.25, -0.2) is 13.5 Å². The Morgan fingerprint density at radius 1 is 1.38 bits per heavy atom. The first kappa shape index (κ1) is 11.3. The van der Waals surface area contributed by atoms with Gasteiger partial charge in [-0.05, 0) is 40.8 Å². The van der Waals surface area contributed by atoms with Crippen molar-refractivity contribution in [1.82, 2.24) is 9.78 Å². The quantitative estimate of drug-likeness (QED) is 0.677. The fourth-order valence-electron chi connectivity index (χ4n) is 1.39. The molecule has 84 valence electrons. The number of anilines is 1. The molecule has 2 aromatic rings. The molecule has 0 aliphatic rings. The maximum absolute atomic E-state index is 12.8. The van der Waals surface area contributed by atoms with Gasteiger partial charge in [0.2, 0.25) is 0 Å². The molecule has 1 aromatic carbocycles. The van der Waals surface area contributed by atoms with Gasteiger partial charge in [-0.3, -0.25) is 0 Å². The van der Waals surface area contributed by atoms with E-state index in [0.29, 0.717) is 11.4 Å². The first-order chi connectivity index (χ1) is 7.58. The number of hydrogen-bond acceptors (Lipinski definition) is 2. The Hall–Kier alpha value is -1.18. The molecular formula is C10H8F2IN3. The van der Waals surface area contributed by atoms with Gasteiger partial charge in [-0.1, -0.05) is 0 Å². The van der Waals surface area contributed by atoms with Crippen LogP contribution in [0.4, 0.5) is 14.5 Å². The predicted molar refractivity (Wildman–Crippen MR) is 65.7 cm³/mol. The maximum Gasteiger partial charge on any atom is 0.266 e. The molecule has 0 radical (unpaired) electrons. The van der Waals surface area contributed by atoms with E-state index in [-0.39, 0.29) is 5.56 Å². The summed E-state index contributed by atoms with van der Waals surface area (Å²) in [5.74, 6) is 0. The van der Waals surface area contributed by atoms with Crippen molar-refractivity contribution in [3.63, 3.8) is 0 Å². The van der Waals surface area contributed by atoms with Crippen molar-refractivity contribution < 1.29 is 8.78 Å². The van der Waals surface area contributed by atoms with E-state index in [1.807, 2.05) is 0 Å². The first-order valence-corrected chi connectivity index (χ1v) is 5.54. The third-order valence-electron chi connectivity index (χ3n) is 2.08. The number of nitrogen functional groups attached to an aromatic ring is 1. The second-order valence-electron chi connectivity index (χ2n) is 3.22. The summed E-state index contributed by atoms with van der Waals surface area (Å²) in [6.45, 7) is 0. The molecule has 0 aliphatic heterocycles. The standard InChI is InChI=1S/C10H8F2IN3/c11-10(12)8-3-7(14)1-2-9(8)16-5-6(13)4-15-16/h1-5,10H,14H2. The summed E-state index contributed by atoms with van der Waals surface area (Å²) in [6, 6.07) is 4.39. The van der Waals surface area contributed by atoms with Crippen LogP contribution in [0.25, 0.3) is 5.69 Å². The van der Waals surface area contributed by atoms with E-state index in [1.54, 1.807) is 24.5 Å². The van der Waals surface area contributed by atoms with E-state index >= 15 is 0 Å². The van der Waals surface area contributed by atoms with E-state index in [9.17, 15) is 8.78 Å². The fraction of sp³-hybridized carbons (Fsp3) is 0.100. The van der Waals surface area contributed by atoms with Crippen molar-refractivity contribution >= 4 is 28.3 Å². The van der Waals surface area contributed by atoms with Crippen LogP contribution in [-0.2, 0) is 0 Å². The Morgan fingerprint density at radius 3 is 2.69 bits per heavy atom. The smallest absolute Gasteiger partial charge is 0.266 e. The normalized spacial score (nSPS) is 11.0. The largest absolute Gasteiger partial charge is 0.399 e. The molecule has 0 amide bonds. The van der Waals surface area contributed by atoms with Crippen LogP contribution < -0.4 is 5.73 Å². The molecule has 6 heteroatoms. The third-order valence-corrected chi connectivity index (χ3v) is 2.64. The van der Waals surface area contributed by atoms with Crippen molar-refractivity contribution in [1.29, 1.82) is 0 Å². The minimum atomic E-state index is -2.57. The molecule has 16 heavy (non-hydrogen) atoms. The van der Waals surface area contributed by atoms with Gasteiger partial charge in [0, 0.05) is 17.4 Å².